The van der Waals surface area contributed by atoms with E-state index in [2.05, 4.69) is 58.5 Å². The molecule has 0 aliphatic carbocycles. The van der Waals surface area contributed by atoms with E-state index in [9.17, 15) is 14.0 Å². The van der Waals surface area contributed by atoms with Crippen molar-refractivity contribution in [2.75, 3.05) is 24.5 Å². The van der Waals surface area contributed by atoms with Crippen LogP contribution in [0.25, 0.3) is 16.7 Å². The Morgan fingerprint density at radius 2 is 1.82 bits per heavy atom. The summed E-state index contributed by atoms with van der Waals surface area (Å²) in [7, 11) is 0. The number of carbonyl (C=O) groups excluding carboxylic acids is 1. The number of benzene rings is 3. The van der Waals surface area contributed by atoms with Gasteiger partial charge in [0.2, 0.25) is 11.7 Å². The van der Waals surface area contributed by atoms with Crippen molar-refractivity contribution in [3.05, 3.63) is 106 Å². The minimum Gasteiger partial charge on any atom is -0.372 e. The molecule has 1 N–H and O–H groups in total. The van der Waals surface area contributed by atoms with Gasteiger partial charge in [0.25, 0.3) is 5.56 Å². The van der Waals surface area contributed by atoms with Crippen molar-refractivity contribution in [1.82, 2.24) is 24.5 Å². The molecule has 0 spiro atoms. The zero-order chi connectivity index (χ0) is 28.1. The van der Waals surface area contributed by atoms with Gasteiger partial charge in [-0.1, -0.05) is 36.4 Å². The van der Waals surface area contributed by atoms with Crippen LogP contribution in [-0.2, 0) is 17.8 Å². The Bertz CT molecular complexity index is 1690. The van der Waals surface area contributed by atoms with Gasteiger partial charge in [0, 0.05) is 38.2 Å². The number of fused-ring (bicyclic) bond motifs is 3. The number of hydrogen-bond donors (Lipinski definition) is 1. The van der Waals surface area contributed by atoms with Gasteiger partial charge in [0.15, 0.2) is 0 Å². The lowest BCUT2D eigenvalue weighted by Gasteiger charge is -2.23. The highest BCUT2D eigenvalue weighted by Gasteiger charge is 2.17. The number of nitrogens with zero attached hydrogens (tertiary/aromatic N) is 5. The third kappa shape index (κ3) is 5.88. The number of amides is 1. The van der Waals surface area contributed by atoms with E-state index in [1.807, 2.05) is 22.6 Å². The van der Waals surface area contributed by atoms with Crippen LogP contribution in [0.3, 0.4) is 0 Å². The van der Waals surface area contributed by atoms with Crippen LogP contribution in [0.15, 0.2) is 77.6 Å². The lowest BCUT2D eigenvalue weighted by molar-refractivity contribution is -0.121. The van der Waals surface area contributed by atoms with E-state index in [1.54, 1.807) is 22.8 Å². The maximum atomic E-state index is 13.4. The molecule has 0 aliphatic heterocycles. The van der Waals surface area contributed by atoms with Crippen molar-refractivity contribution < 1.29 is 9.18 Å². The maximum absolute atomic E-state index is 13.4. The summed E-state index contributed by atoms with van der Waals surface area (Å²) in [6, 6.07) is 21.8. The topological polar surface area (TPSA) is 84.5 Å². The predicted molar refractivity (Wildman–Crippen MR) is 155 cm³/mol. The molecular weight excluding hydrogens is 507 g/mol. The minimum atomic E-state index is -0.336. The summed E-state index contributed by atoms with van der Waals surface area (Å²) in [6.07, 6.45) is 1.46. The molecule has 206 valence electrons. The van der Waals surface area contributed by atoms with E-state index in [0.717, 1.165) is 25.1 Å². The lowest BCUT2D eigenvalue weighted by atomic mass is 10.2. The zero-order valence-electron chi connectivity index (χ0n) is 22.8. The first-order valence-electron chi connectivity index (χ1n) is 13.6. The first-order valence-corrected chi connectivity index (χ1v) is 13.6. The highest BCUT2D eigenvalue weighted by Crippen LogP contribution is 2.18. The zero-order valence-corrected chi connectivity index (χ0v) is 22.8. The SMILES string of the molecule is CCN(CCCNC(=O)CCc1nnc2n(Cc3ccc(F)cc3)c(=O)c3ccccc3n12)c1cccc(C)c1. The number of anilines is 1. The van der Waals surface area contributed by atoms with Gasteiger partial charge < -0.3 is 10.2 Å². The third-order valence-electron chi connectivity index (χ3n) is 7.08. The first-order chi connectivity index (χ1) is 19.4. The van der Waals surface area contributed by atoms with E-state index in [1.165, 1.54) is 23.4 Å². The molecule has 5 aromatic rings. The van der Waals surface area contributed by atoms with Gasteiger partial charge in [-0.05, 0) is 67.8 Å². The first kappa shape index (κ1) is 27.1. The van der Waals surface area contributed by atoms with Gasteiger partial charge >= 0.3 is 0 Å². The number of carbonyl (C=O) groups is 1. The Kier molecular flexibility index (Phi) is 8.19. The van der Waals surface area contributed by atoms with E-state index < -0.39 is 0 Å². The van der Waals surface area contributed by atoms with Gasteiger partial charge in [0.05, 0.1) is 17.4 Å². The summed E-state index contributed by atoms with van der Waals surface area (Å²) in [5.41, 5.74) is 3.68. The molecule has 40 heavy (non-hydrogen) atoms. The van der Waals surface area contributed by atoms with Crippen LogP contribution < -0.4 is 15.8 Å². The normalized spacial score (nSPS) is 11.3. The number of nitrogens with one attached hydrogen (secondary N) is 1. The van der Waals surface area contributed by atoms with Crippen LogP contribution in [0, 0.1) is 12.7 Å². The van der Waals surface area contributed by atoms with Crippen LogP contribution in [0.1, 0.15) is 36.7 Å². The fourth-order valence-electron chi connectivity index (χ4n) is 5.00. The van der Waals surface area contributed by atoms with Crippen LogP contribution in [0.2, 0.25) is 0 Å². The van der Waals surface area contributed by atoms with Crippen molar-refractivity contribution in [1.29, 1.82) is 0 Å². The second kappa shape index (κ2) is 12.1. The molecule has 0 atom stereocenters. The number of hydrogen-bond acceptors (Lipinski definition) is 5. The van der Waals surface area contributed by atoms with Crippen molar-refractivity contribution in [3.8, 4) is 0 Å². The molecule has 9 heteroatoms. The predicted octanol–water partition coefficient (Wildman–Crippen LogP) is 4.51. The monoisotopic (exact) mass is 540 g/mol. The van der Waals surface area contributed by atoms with Crippen molar-refractivity contribution in [2.24, 2.45) is 0 Å². The van der Waals surface area contributed by atoms with Crippen molar-refractivity contribution >= 4 is 28.3 Å². The highest BCUT2D eigenvalue weighted by molar-refractivity contribution is 5.80. The molecule has 2 aromatic heterocycles. The minimum absolute atomic E-state index is 0.0562. The summed E-state index contributed by atoms with van der Waals surface area (Å²) >= 11 is 0. The van der Waals surface area contributed by atoms with Gasteiger partial charge in [-0.2, -0.15) is 0 Å². The Hall–Kier alpha value is -4.53. The van der Waals surface area contributed by atoms with Gasteiger partial charge in [-0.3, -0.25) is 18.6 Å². The second-order valence-electron chi connectivity index (χ2n) is 9.91. The van der Waals surface area contributed by atoms with E-state index in [-0.39, 0.29) is 30.2 Å². The summed E-state index contributed by atoms with van der Waals surface area (Å²) in [6.45, 7) is 6.78. The van der Waals surface area contributed by atoms with E-state index in [4.69, 9.17) is 0 Å². The molecule has 3 aromatic carbocycles. The Morgan fingerprint density at radius 1 is 1.02 bits per heavy atom. The summed E-state index contributed by atoms with van der Waals surface area (Å²) in [5, 5.41) is 12.2. The van der Waals surface area contributed by atoms with E-state index in [0.29, 0.717) is 35.5 Å². The molecule has 0 radical (unpaired) electrons. The van der Waals surface area contributed by atoms with Crippen LogP contribution in [-0.4, -0.2) is 44.7 Å². The van der Waals surface area contributed by atoms with Gasteiger partial charge in [-0.25, -0.2) is 4.39 Å². The molecule has 0 aliphatic rings. The molecule has 0 fully saturated rings. The average Bonchev–Trinajstić information content (AvgIpc) is 3.39. The number of aryl methyl sites for hydroxylation is 2. The molecule has 2 heterocycles. The molecule has 0 saturated carbocycles. The Labute approximate surface area is 232 Å². The molecule has 0 saturated heterocycles. The molecule has 0 unspecified atom stereocenters. The standard InChI is InChI=1S/C31H33FN6O2/c1-3-36(25-9-6-8-22(2)20-25)19-7-18-33-29(39)17-16-28-34-35-31-37(21-23-12-14-24(32)15-13-23)30(40)26-10-4-5-11-27(26)38(28)31/h4-6,8-15,20H,3,7,16-19,21H2,1-2H3,(H,33,39). The molecule has 0 bridgehead atoms. The maximum Gasteiger partial charge on any atom is 0.263 e. The summed E-state index contributed by atoms with van der Waals surface area (Å²) in [4.78, 5) is 28.3. The van der Waals surface area contributed by atoms with E-state index >= 15 is 0 Å². The fourth-order valence-corrected chi connectivity index (χ4v) is 5.00. The molecular formula is C31H33FN6O2. The van der Waals surface area contributed by atoms with Gasteiger partial charge in [-0.15, -0.1) is 10.2 Å². The number of aromatic nitrogens is 4. The number of rotatable bonds is 11. The quantitative estimate of drug-likeness (QED) is 0.249. The van der Waals surface area contributed by atoms with Gasteiger partial charge in [0.1, 0.15) is 11.6 Å². The fraction of sp³-hybridized carbons (Fsp3) is 0.290. The number of halogens is 1. The number of para-hydroxylation sites is 1. The summed E-state index contributed by atoms with van der Waals surface area (Å²) < 4.78 is 16.8. The Balaban J connectivity index is 1.27. The molecule has 8 nitrogen and oxygen atoms in total. The highest BCUT2D eigenvalue weighted by atomic mass is 19.1. The summed E-state index contributed by atoms with van der Waals surface area (Å²) in [5.74, 6) is 0.598. The second-order valence-corrected chi connectivity index (χ2v) is 9.91. The van der Waals surface area contributed by atoms with Crippen molar-refractivity contribution in [3.63, 3.8) is 0 Å². The third-order valence-corrected chi connectivity index (χ3v) is 7.08. The van der Waals surface area contributed by atoms with Crippen molar-refractivity contribution in [2.45, 2.75) is 39.7 Å². The largest absolute Gasteiger partial charge is 0.372 e. The van der Waals surface area contributed by atoms with Crippen LogP contribution in [0.4, 0.5) is 10.1 Å². The molecule has 5 rings (SSSR count). The smallest absolute Gasteiger partial charge is 0.263 e. The Morgan fingerprint density at radius 3 is 2.60 bits per heavy atom. The lowest BCUT2D eigenvalue weighted by Crippen LogP contribution is -2.30. The average molecular weight is 541 g/mol. The van der Waals surface area contributed by atoms with Crippen LogP contribution >= 0.6 is 0 Å². The van der Waals surface area contributed by atoms with Crippen LogP contribution in [0.5, 0.6) is 0 Å². The molecule has 1 amide bonds.